The molecule has 1 aliphatic rings. The van der Waals surface area contributed by atoms with Crippen LogP contribution in [0.3, 0.4) is 0 Å². The van der Waals surface area contributed by atoms with Crippen molar-refractivity contribution >= 4 is 21.5 Å². The van der Waals surface area contributed by atoms with Gasteiger partial charge in [0.15, 0.2) is 0 Å². The van der Waals surface area contributed by atoms with Crippen LogP contribution in [0.5, 0.6) is 0 Å². The second-order valence-corrected chi connectivity index (χ2v) is 12.0. The van der Waals surface area contributed by atoms with Gasteiger partial charge in [-0.1, -0.05) is 129 Å². The molecule has 0 amide bonds. The summed E-state index contributed by atoms with van der Waals surface area (Å²) in [5.74, 6) is 0. The molecule has 0 saturated carbocycles. The van der Waals surface area contributed by atoms with E-state index in [9.17, 15) is 5.26 Å². The van der Waals surface area contributed by atoms with Crippen LogP contribution in [0.4, 0.5) is 0 Å². The summed E-state index contributed by atoms with van der Waals surface area (Å²) in [7, 11) is 0. The van der Waals surface area contributed by atoms with Crippen molar-refractivity contribution in [2.45, 2.75) is 19.3 Å². The van der Waals surface area contributed by atoms with Gasteiger partial charge < -0.3 is 0 Å². The van der Waals surface area contributed by atoms with Crippen LogP contribution in [0.25, 0.3) is 66.1 Å². The predicted octanol–water partition coefficient (Wildman–Crippen LogP) is 11.2. The Balaban J connectivity index is 1.32. The quantitative estimate of drug-likeness (QED) is 0.202. The van der Waals surface area contributed by atoms with E-state index in [-0.39, 0.29) is 5.41 Å². The number of benzene rings is 7. The Morgan fingerprint density at radius 2 is 0.930 bits per heavy atom. The molecule has 0 atom stereocenters. The first-order valence-electron chi connectivity index (χ1n) is 14.8. The van der Waals surface area contributed by atoms with Crippen molar-refractivity contribution in [1.29, 1.82) is 5.26 Å². The van der Waals surface area contributed by atoms with Gasteiger partial charge in [0.25, 0.3) is 0 Å². The maximum absolute atomic E-state index is 9.52. The van der Waals surface area contributed by atoms with Crippen LogP contribution in [0.1, 0.15) is 30.5 Å². The molecule has 0 spiro atoms. The van der Waals surface area contributed by atoms with Gasteiger partial charge in [-0.3, -0.25) is 0 Å². The SMILES string of the molecule is CC1(C)c2cc(C#N)ccc2-c2ccc(-c3cccc(-c4c5ccccc5c(-c5ccccc5)c5ccccc45)c3)cc21. The molecule has 0 fully saturated rings. The summed E-state index contributed by atoms with van der Waals surface area (Å²) in [5, 5.41) is 14.6. The largest absolute Gasteiger partial charge is 0.192 e. The Morgan fingerprint density at radius 3 is 1.56 bits per heavy atom. The number of hydrogen-bond donors (Lipinski definition) is 0. The van der Waals surface area contributed by atoms with Gasteiger partial charge in [-0.15, -0.1) is 0 Å². The number of fused-ring (bicyclic) bond motifs is 5. The lowest BCUT2D eigenvalue weighted by Crippen LogP contribution is -2.15. The molecule has 202 valence electrons. The Bertz CT molecular complexity index is 2210. The fourth-order valence-electron chi connectivity index (χ4n) is 7.20. The molecule has 43 heavy (non-hydrogen) atoms. The van der Waals surface area contributed by atoms with Crippen LogP contribution < -0.4 is 0 Å². The van der Waals surface area contributed by atoms with E-state index in [1.807, 2.05) is 6.07 Å². The third-order valence-electron chi connectivity index (χ3n) is 9.28. The van der Waals surface area contributed by atoms with Crippen molar-refractivity contribution in [1.82, 2.24) is 0 Å². The van der Waals surface area contributed by atoms with Crippen LogP contribution in [0.2, 0.25) is 0 Å². The van der Waals surface area contributed by atoms with Gasteiger partial charge in [0.05, 0.1) is 11.6 Å². The van der Waals surface area contributed by atoms with Gasteiger partial charge in [0.1, 0.15) is 0 Å². The second-order valence-electron chi connectivity index (χ2n) is 12.0. The molecule has 0 aliphatic heterocycles. The minimum absolute atomic E-state index is 0.176. The minimum Gasteiger partial charge on any atom is -0.192 e. The van der Waals surface area contributed by atoms with Crippen molar-refractivity contribution in [2.75, 3.05) is 0 Å². The molecule has 7 aromatic carbocycles. The minimum atomic E-state index is -0.176. The lowest BCUT2D eigenvalue weighted by atomic mass is 9.81. The molecule has 1 heteroatoms. The molecule has 7 aromatic rings. The normalized spacial score (nSPS) is 13.0. The first-order chi connectivity index (χ1) is 21.0. The summed E-state index contributed by atoms with van der Waals surface area (Å²) < 4.78 is 0. The lowest BCUT2D eigenvalue weighted by Gasteiger charge is -2.22. The van der Waals surface area contributed by atoms with Crippen molar-refractivity contribution in [3.63, 3.8) is 0 Å². The fourth-order valence-corrected chi connectivity index (χ4v) is 7.20. The molecule has 0 radical (unpaired) electrons. The fraction of sp³-hybridized carbons (Fsp3) is 0.0714. The van der Waals surface area contributed by atoms with E-state index in [4.69, 9.17) is 0 Å². The van der Waals surface area contributed by atoms with Gasteiger partial charge in [0, 0.05) is 5.41 Å². The molecular formula is C42H29N. The van der Waals surface area contributed by atoms with E-state index in [1.165, 1.54) is 77.2 Å². The number of hydrogen-bond acceptors (Lipinski definition) is 1. The van der Waals surface area contributed by atoms with Crippen LogP contribution >= 0.6 is 0 Å². The Labute approximate surface area is 252 Å². The van der Waals surface area contributed by atoms with Gasteiger partial charge >= 0.3 is 0 Å². The molecule has 0 bridgehead atoms. The van der Waals surface area contributed by atoms with Crippen LogP contribution in [-0.4, -0.2) is 0 Å². The Hall–Kier alpha value is -5.45. The van der Waals surface area contributed by atoms with Gasteiger partial charge in [-0.05, 0) is 101 Å². The van der Waals surface area contributed by atoms with Crippen molar-refractivity contribution < 1.29 is 0 Å². The van der Waals surface area contributed by atoms with E-state index in [2.05, 4.69) is 153 Å². The average Bonchev–Trinajstić information content (AvgIpc) is 3.29. The molecule has 0 saturated heterocycles. The molecule has 0 N–H and O–H groups in total. The zero-order chi connectivity index (χ0) is 29.1. The summed E-state index contributed by atoms with van der Waals surface area (Å²) in [4.78, 5) is 0. The Morgan fingerprint density at radius 1 is 0.442 bits per heavy atom. The van der Waals surface area contributed by atoms with Crippen molar-refractivity contribution in [3.8, 4) is 50.6 Å². The van der Waals surface area contributed by atoms with Crippen molar-refractivity contribution in [2.24, 2.45) is 0 Å². The molecular weight excluding hydrogens is 518 g/mol. The maximum atomic E-state index is 9.52. The molecule has 0 heterocycles. The third kappa shape index (κ3) is 3.84. The Kier molecular flexibility index (Phi) is 5.61. The molecule has 1 aliphatic carbocycles. The molecule has 0 unspecified atom stereocenters. The average molecular weight is 548 g/mol. The molecule has 1 nitrogen and oxygen atoms in total. The van der Waals surface area contributed by atoms with Crippen LogP contribution in [-0.2, 0) is 5.41 Å². The first-order valence-corrected chi connectivity index (χ1v) is 14.8. The van der Waals surface area contributed by atoms with E-state index in [0.29, 0.717) is 5.56 Å². The van der Waals surface area contributed by atoms with Gasteiger partial charge in [-0.25, -0.2) is 0 Å². The predicted molar refractivity (Wildman–Crippen MR) is 180 cm³/mol. The summed E-state index contributed by atoms with van der Waals surface area (Å²) in [5.41, 5.74) is 13.0. The summed E-state index contributed by atoms with van der Waals surface area (Å²) >= 11 is 0. The monoisotopic (exact) mass is 547 g/mol. The smallest absolute Gasteiger partial charge is 0.0991 e. The topological polar surface area (TPSA) is 23.8 Å². The second kappa shape index (κ2) is 9.55. The number of nitrogens with zero attached hydrogens (tertiary/aromatic N) is 1. The highest BCUT2D eigenvalue weighted by Gasteiger charge is 2.35. The number of nitriles is 1. The summed E-state index contributed by atoms with van der Waals surface area (Å²) in [6.45, 7) is 4.54. The highest BCUT2D eigenvalue weighted by Crippen LogP contribution is 2.50. The number of rotatable bonds is 3. The van der Waals surface area contributed by atoms with E-state index in [0.717, 1.165) is 0 Å². The zero-order valence-corrected chi connectivity index (χ0v) is 24.2. The highest BCUT2D eigenvalue weighted by atomic mass is 14.4. The highest BCUT2D eigenvalue weighted by molar-refractivity contribution is 6.21. The first kappa shape index (κ1) is 25.3. The van der Waals surface area contributed by atoms with Gasteiger partial charge in [-0.2, -0.15) is 5.26 Å². The van der Waals surface area contributed by atoms with Crippen molar-refractivity contribution in [3.05, 3.63) is 156 Å². The van der Waals surface area contributed by atoms with Crippen LogP contribution in [0.15, 0.2) is 140 Å². The zero-order valence-electron chi connectivity index (χ0n) is 24.2. The summed E-state index contributed by atoms with van der Waals surface area (Å²) in [6.07, 6.45) is 0. The standard InChI is InChI=1S/C42H29N/c1-42(2)38-23-27(26-43)19-21-32(38)33-22-20-30(25-39(33)42)29-13-10-14-31(24-29)41-36-17-8-6-15-34(36)40(28-11-4-3-5-12-28)35-16-7-9-18-37(35)41/h3-25H,1-2H3. The van der Waals surface area contributed by atoms with E-state index >= 15 is 0 Å². The third-order valence-corrected chi connectivity index (χ3v) is 9.28. The lowest BCUT2D eigenvalue weighted by molar-refractivity contribution is 0.660. The molecule has 0 aromatic heterocycles. The summed E-state index contributed by atoms with van der Waals surface area (Å²) in [6, 6.07) is 52.7. The maximum Gasteiger partial charge on any atom is 0.0991 e. The van der Waals surface area contributed by atoms with Crippen LogP contribution in [0, 0.1) is 11.3 Å². The van der Waals surface area contributed by atoms with E-state index < -0.39 is 0 Å². The molecule has 8 rings (SSSR count). The van der Waals surface area contributed by atoms with Gasteiger partial charge in [0.2, 0.25) is 0 Å². The van der Waals surface area contributed by atoms with E-state index in [1.54, 1.807) is 0 Å².